The fourth-order valence-electron chi connectivity index (χ4n) is 6.12. The van der Waals surface area contributed by atoms with E-state index in [-0.39, 0.29) is 0 Å². The highest BCUT2D eigenvalue weighted by Gasteiger charge is 2.19. The Morgan fingerprint density at radius 2 is 1.15 bits per heavy atom. The van der Waals surface area contributed by atoms with Crippen molar-refractivity contribution in [3.8, 4) is 17.2 Å². The molecule has 0 atom stereocenters. The van der Waals surface area contributed by atoms with E-state index < -0.39 is 0 Å². The summed E-state index contributed by atoms with van der Waals surface area (Å²) in [5, 5.41) is 7.86. The molecular weight excluding hydrogens is 490 g/mol. The molecule has 4 nitrogen and oxygen atoms in total. The lowest BCUT2D eigenvalue weighted by Gasteiger charge is -2.11. The molecule has 0 aliphatic rings. The molecule has 0 amide bonds. The third-order valence-electron chi connectivity index (χ3n) is 7.97. The van der Waals surface area contributed by atoms with Gasteiger partial charge in [0, 0.05) is 32.5 Å². The van der Waals surface area contributed by atoms with Gasteiger partial charge in [0.15, 0.2) is 0 Å². The van der Waals surface area contributed by atoms with E-state index in [0.29, 0.717) is 5.95 Å². The van der Waals surface area contributed by atoms with Crippen LogP contribution in [0.1, 0.15) is 0 Å². The summed E-state index contributed by atoms with van der Waals surface area (Å²) in [6.45, 7) is 0. The second-order valence-corrected chi connectivity index (χ2v) is 10.3. The van der Waals surface area contributed by atoms with Crippen LogP contribution >= 0.6 is 0 Å². The molecule has 0 bridgehead atoms. The molecule has 6 aromatic carbocycles. The van der Waals surface area contributed by atoms with Gasteiger partial charge in [-0.2, -0.15) is 0 Å². The topological polar surface area (TPSA) is 43.9 Å². The van der Waals surface area contributed by atoms with Crippen molar-refractivity contribution >= 4 is 65.4 Å². The van der Waals surface area contributed by atoms with Gasteiger partial charge in [-0.1, -0.05) is 91.0 Å². The summed E-state index contributed by atoms with van der Waals surface area (Å²) in [7, 11) is 0. The van der Waals surface area contributed by atoms with Gasteiger partial charge >= 0.3 is 0 Å². The number of aromatic nitrogens is 3. The molecule has 3 heterocycles. The largest absolute Gasteiger partial charge is 0.456 e. The Hall–Kier alpha value is -5.48. The molecule has 9 rings (SSSR count). The summed E-state index contributed by atoms with van der Waals surface area (Å²) in [5.74, 6) is 0.654. The maximum Gasteiger partial charge on any atom is 0.235 e. The van der Waals surface area contributed by atoms with Gasteiger partial charge in [0.1, 0.15) is 11.2 Å². The number of benzene rings is 6. The van der Waals surface area contributed by atoms with Crippen molar-refractivity contribution in [1.82, 2.24) is 14.5 Å². The number of rotatable bonds is 2. The zero-order valence-electron chi connectivity index (χ0n) is 21.4. The average molecular weight is 512 g/mol. The van der Waals surface area contributed by atoms with Crippen LogP contribution in [0.4, 0.5) is 0 Å². The Labute approximate surface area is 228 Å². The van der Waals surface area contributed by atoms with E-state index in [1.807, 2.05) is 18.2 Å². The van der Waals surface area contributed by atoms with Crippen molar-refractivity contribution < 1.29 is 4.42 Å². The Balaban J connectivity index is 1.41. The van der Waals surface area contributed by atoms with Crippen LogP contribution in [0.3, 0.4) is 0 Å². The first kappa shape index (κ1) is 21.5. The van der Waals surface area contributed by atoms with Gasteiger partial charge in [-0.25, -0.2) is 9.97 Å². The number of hydrogen-bond donors (Lipinski definition) is 0. The molecule has 0 fully saturated rings. The van der Waals surface area contributed by atoms with Crippen molar-refractivity contribution in [2.45, 2.75) is 0 Å². The van der Waals surface area contributed by atoms with Crippen molar-refractivity contribution in [3.63, 3.8) is 0 Å². The van der Waals surface area contributed by atoms with E-state index in [1.54, 1.807) is 0 Å². The van der Waals surface area contributed by atoms with Gasteiger partial charge in [0.2, 0.25) is 5.95 Å². The van der Waals surface area contributed by atoms with Crippen LogP contribution in [0, 0.1) is 0 Å². The van der Waals surface area contributed by atoms with E-state index in [4.69, 9.17) is 14.4 Å². The molecular formula is C36H21N3O. The summed E-state index contributed by atoms with van der Waals surface area (Å²) in [5.41, 5.74) is 6.80. The normalized spacial score (nSPS) is 12.0. The smallest absolute Gasteiger partial charge is 0.235 e. The van der Waals surface area contributed by atoms with E-state index in [1.165, 1.54) is 10.8 Å². The van der Waals surface area contributed by atoms with Crippen molar-refractivity contribution in [2.75, 3.05) is 0 Å². The summed E-state index contributed by atoms with van der Waals surface area (Å²) in [6.07, 6.45) is 0. The molecule has 0 saturated heterocycles. The molecule has 0 spiro atoms. The Morgan fingerprint density at radius 1 is 0.475 bits per heavy atom. The highest BCUT2D eigenvalue weighted by Crippen LogP contribution is 2.39. The minimum absolute atomic E-state index is 0.654. The van der Waals surface area contributed by atoms with Gasteiger partial charge in [0.25, 0.3) is 0 Å². The maximum absolute atomic E-state index is 6.43. The summed E-state index contributed by atoms with van der Waals surface area (Å²) in [4.78, 5) is 10.3. The quantitative estimate of drug-likeness (QED) is 0.232. The molecule has 0 saturated carbocycles. The lowest BCUT2D eigenvalue weighted by molar-refractivity contribution is 0.670. The zero-order valence-corrected chi connectivity index (χ0v) is 21.4. The van der Waals surface area contributed by atoms with Crippen molar-refractivity contribution in [2.24, 2.45) is 0 Å². The highest BCUT2D eigenvalue weighted by atomic mass is 16.3. The highest BCUT2D eigenvalue weighted by molar-refractivity contribution is 6.18. The maximum atomic E-state index is 6.43. The number of furan rings is 1. The molecule has 186 valence electrons. The SMILES string of the molecule is c1ccc(-c2nc(-n3c4ccccc4c4cc5oc6cc7ccccc7cc6c5cc43)nc3ccccc23)cc1. The Morgan fingerprint density at radius 3 is 2.02 bits per heavy atom. The number of nitrogens with zero attached hydrogens (tertiary/aromatic N) is 3. The second kappa shape index (κ2) is 8.01. The molecule has 9 aromatic rings. The van der Waals surface area contributed by atoms with E-state index in [0.717, 1.165) is 65.9 Å². The summed E-state index contributed by atoms with van der Waals surface area (Å²) < 4.78 is 8.62. The molecule has 0 N–H and O–H groups in total. The Kier molecular flexibility index (Phi) is 4.30. The molecule has 4 heteroatoms. The summed E-state index contributed by atoms with van der Waals surface area (Å²) >= 11 is 0. The van der Waals surface area contributed by atoms with E-state index in [2.05, 4.69) is 114 Å². The molecule has 0 aliphatic heterocycles. The fraction of sp³-hybridized carbons (Fsp3) is 0. The zero-order chi connectivity index (χ0) is 26.2. The fourth-order valence-corrected chi connectivity index (χ4v) is 6.12. The van der Waals surface area contributed by atoms with Crippen LogP contribution in [0.25, 0.3) is 82.6 Å². The number of para-hydroxylation sites is 2. The van der Waals surface area contributed by atoms with Crippen LogP contribution in [0.5, 0.6) is 0 Å². The van der Waals surface area contributed by atoms with Gasteiger partial charge in [-0.3, -0.25) is 4.57 Å². The van der Waals surface area contributed by atoms with Gasteiger partial charge in [-0.05, 0) is 47.2 Å². The van der Waals surface area contributed by atoms with E-state index in [9.17, 15) is 0 Å². The Bertz CT molecular complexity index is 2430. The first-order valence-electron chi connectivity index (χ1n) is 13.4. The molecule has 0 radical (unpaired) electrons. The average Bonchev–Trinajstić information content (AvgIpc) is 3.52. The van der Waals surface area contributed by atoms with Gasteiger partial charge in [-0.15, -0.1) is 0 Å². The number of fused-ring (bicyclic) bond motifs is 8. The predicted molar refractivity (Wildman–Crippen MR) is 164 cm³/mol. The van der Waals surface area contributed by atoms with Crippen LogP contribution in [-0.4, -0.2) is 14.5 Å². The minimum Gasteiger partial charge on any atom is -0.456 e. The third-order valence-corrected chi connectivity index (χ3v) is 7.97. The third kappa shape index (κ3) is 3.01. The summed E-state index contributed by atoms with van der Waals surface area (Å²) in [6, 6.07) is 44.2. The van der Waals surface area contributed by atoms with Gasteiger partial charge in [0.05, 0.1) is 22.2 Å². The van der Waals surface area contributed by atoms with E-state index >= 15 is 0 Å². The van der Waals surface area contributed by atoms with Crippen LogP contribution in [0.15, 0.2) is 132 Å². The lowest BCUT2D eigenvalue weighted by Crippen LogP contribution is -2.03. The minimum atomic E-state index is 0.654. The second-order valence-electron chi connectivity index (χ2n) is 10.3. The first-order chi connectivity index (χ1) is 19.8. The van der Waals surface area contributed by atoms with Gasteiger partial charge < -0.3 is 4.42 Å². The molecule has 40 heavy (non-hydrogen) atoms. The van der Waals surface area contributed by atoms with Crippen LogP contribution in [-0.2, 0) is 0 Å². The monoisotopic (exact) mass is 511 g/mol. The standard InChI is InChI=1S/C36H21N3O/c1-2-10-22(11-3-1)35-26-15-6-8-16-30(26)37-36(38-35)39-31-17-9-7-14-25(31)27-21-34-29(20-32(27)39)28-18-23-12-4-5-13-24(23)19-33(28)40-34/h1-21H. The number of hydrogen-bond acceptors (Lipinski definition) is 3. The predicted octanol–water partition coefficient (Wildman–Crippen LogP) is 9.45. The molecule has 0 aliphatic carbocycles. The first-order valence-corrected chi connectivity index (χ1v) is 13.4. The van der Waals surface area contributed by atoms with Crippen LogP contribution < -0.4 is 0 Å². The molecule has 3 aromatic heterocycles. The van der Waals surface area contributed by atoms with Crippen LogP contribution in [0.2, 0.25) is 0 Å². The van der Waals surface area contributed by atoms with Crippen molar-refractivity contribution in [3.05, 3.63) is 127 Å². The molecule has 0 unspecified atom stereocenters. The van der Waals surface area contributed by atoms with Crippen molar-refractivity contribution in [1.29, 1.82) is 0 Å². The lowest BCUT2D eigenvalue weighted by atomic mass is 10.1.